The summed E-state index contributed by atoms with van der Waals surface area (Å²) in [4.78, 5) is 0. The van der Waals surface area contributed by atoms with Crippen LogP contribution in [0.1, 0.15) is 24.8 Å². The normalized spacial score (nSPS) is 12.8. The van der Waals surface area contributed by atoms with Gasteiger partial charge in [-0.3, -0.25) is 0 Å². The van der Waals surface area contributed by atoms with E-state index in [0.717, 1.165) is 23.0 Å². The van der Waals surface area contributed by atoms with Gasteiger partial charge in [-0.25, -0.2) is 0 Å². The highest BCUT2D eigenvalue weighted by atomic mass is 32.1. The average molecular weight is 200 g/mol. The van der Waals surface area contributed by atoms with Crippen LogP contribution < -0.4 is 11.1 Å². The molecule has 0 spiro atoms. The van der Waals surface area contributed by atoms with Gasteiger partial charge in [-0.1, -0.05) is 18.3 Å². The fraction of sp³-hybridized carbons (Fsp3) is 0.750. The van der Waals surface area contributed by atoms with Crippen molar-refractivity contribution in [3.63, 3.8) is 0 Å². The molecule has 0 aliphatic carbocycles. The van der Waals surface area contributed by atoms with Gasteiger partial charge in [0.25, 0.3) is 0 Å². The van der Waals surface area contributed by atoms with E-state index in [2.05, 4.69) is 22.4 Å². The predicted molar refractivity (Wildman–Crippen MR) is 56.0 cm³/mol. The van der Waals surface area contributed by atoms with E-state index in [-0.39, 0.29) is 0 Å². The third kappa shape index (κ3) is 3.28. The van der Waals surface area contributed by atoms with Crippen molar-refractivity contribution in [1.29, 1.82) is 0 Å². The van der Waals surface area contributed by atoms with Crippen molar-refractivity contribution in [2.45, 2.75) is 32.7 Å². The third-order valence-electron chi connectivity index (χ3n) is 1.86. The maximum absolute atomic E-state index is 5.49. The molecule has 0 saturated carbocycles. The van der Waals surface area contributed by atoms with Gasteiger partial charge in [-0.05, 0) is 26.3 Å². The standard InChI is InChI=1S/C8H16N4S/c1-3-7(4-5-9)10-8-12-11-6(2)13-8/h7H,3-5,9H2,1-2H3,(H,10,12). The first-order valence-corrected chi connectivity index (χ1v) is 5.34. The predicted octanol–water partition coefficient (Wildman–Crippen LogP) is 1.39. The summed E-state index contributed by atoms with van der Waals surface area (Å²) in [6.07, 6.45) is 2.05. The lowest BCUT2D eigenvalue weighted by molar-refractivity contribution is 0.640. The van der Waals surface area contributed by atoms with Gasteiger partial charge >= 0.3 is 0 Å². The van der Waals surface area contributed by atoms with Gasteiger partial charge in [0.15, 0.2) is 0 Å². The molecule has 1 heterocycles. The Labute approximate surface area is 82.6 Å². The summed E-state index contributed by atoms with van der Waals surface area (Å²) >= 11 is 1.58. The maximum Gasteiger partial charge on any atom is 0.205 e. The summed E-state index contributed by atoms with van der Waals surface area (Å²) in [5.74, 6) is 0. The smallest absolute Gasteiger partial charge is 0.205 e. The van der Waals surface area contributed by atoms with Gasteiger partial charge in [0, 0.05) is 6.04 Å². The van der Waals surface area contributed by atoms with Crippen molar-refractivity contribution in [1.82, 2.24) is 10.2 Å². The van der Waals surface area contributed by atoms with E-state index in [1.54, 1.807) is 11.3 Å². The Morgan fingerprint density at radius 2 is 2.31 bits per heavy atom. The summed E-state index contributed by atoms with van der Waals surface area (Å²) in [5.41, 5.74) is 5.49. The van der Waals surface area contributed by atoms with Crippen molar-refractivity contribution in [2.24, 2.45) is 5.73 Å². The lowest BCUT2D eigenvalue weighted by atomic mass is 10.1. The number of nitrogens with zero attached hydrogens (tertiary/aromatic N) is 2. The molecular weight excluding hydrogens is 184 g/mol. The summed E-state index contributed by atoms with van der Waals surface area (Å²) in [6, 6.07) is 0.428. The van der Waals surface area contributed by atoms with E-state index >= 15 is 0 Å². The molecule has 1 rings (SSSR count). The van der Waals surface area contributed by atoms with Crippen LogP contribution in [0, 0.1) is 6.92 Å². The van der Waals surface area contributed by atoms with Crippen LogP contribution in [0.15, 0.2) is 0 Å². The first-order chi connectivity index (χ1) is 6.26. The highest BCUT2D eigenvalue weighted by Crippen LogP contribution is 2.16. The second-order valence-electron chi connectivity index (χ2n) is 2.95. The van der Waals surface area contributed by atoms with Crippen LogP contribution in [0.25, 0.3) is 0 Å². The van der Waals surface area contributed by atoms with Crippen LogP contribution in [0.2, 0.25) is 0 Å². The zero-order valence-corrected chi connectivity index (χ0v) is 8.90. The largest absolute Gasteiger partial charge is 0.357 e. The fourth-order valence-corrected chi connectivity index (χ4v) is 1.78. The second kappa shape index (κ2) is 5.14. The van der Waals surface area contributed by atoms with Crippen LogP contribution >= 0.6 is 11.3 Å². The molecule has 0 saturated heterocycles. The molecule has 0 aromatic carbocycles. The second-order valence-corrected chi connectivity index (χ2v) is 4.13. The Morgan fingerprint density at radius 3 is 2.77 bits per heavy atom. The topological polar surface area (TPSA) is 63.8 Å². The van der Waals surface area contributed by atoms with Crippen LogP contribution in [0.4, 0.5) is 5.13 Å². The van der Waals surface area contributed by atoms with Crippen molar-refractivity contribution in [3.05, 3.63) is 5.01 Å². The lowest BCUT2D eigenvalue weighted by Crippen LogP contribution is -2.22. The number of nitrogens with one attached hydrogen (secondary N) is 1. The molecule has 13 heavy (non-hydrogen) atoms. The number of aromatic nitrogens is 2. The number of rotatable bonds is 5. The highest BCUT2D eigenvalue weighted by molar-refractivity contribution is 7.15. The molecule has 3 N–H and O–H groups in total. The van der Waals surface area contributed by atoms with E-state index in [1.165, 1.54) is 0 Å². The molecule has 0 bridgehead atoms. The minimum Gasteiger partial charge on any atom is -0.357 e. The van der Waals surface area contributed by atoms with Gasteiger partial charge in [0.1, 0.15) is 5.01 Å². The monoisotopic (exact) mass is 200 g/mol. The lowest BCUT2D eigenvalue weighted by Gasteiger charge is -2.13. The van der Waals surface area contributed by atoms with Crippen molar-refractivity contribution in [2.75, 3.05) is 11.9 Å². The van der Waals surface area contributed by atoms with Crippen molar-refractivity contribution < 1.29 is 0 Å². The number of hydrogen-bond donors (Lipinski definition) is 2. The van der Waals surface area contributed by atoms with E-state index in [9.17, 15) is 0 Å². The quantitative estimate of drug-likeness (QED) is 0.754. The molecule has 1 unspecified atom stereocenters. The zero-order chi connectivity index (χ0) is 9.68. The Balaban J connectivity index is 2.46. The molecule has 5 heteroatoms. The van der Waals surface area contributed by atoms with E-state index in [0.29, 0.717) is 12.6 Å². The molecular formula is C8H16N4S. The Bertz CT molecular complexity index is 248. The molecule has 0 fully saturated rings. The molecule has 4 nitrogen and oxygen atoms in total. The molecule has 1 aromatic rings. The molecule has 1 atom stereocenters. The minimum absolute atomic E-state index is 0.428. The molecule has 0 radical (unpaired) electrons. The third-order valence-corrected chi connectivity index (χ3v) is 2.63. The first-order valence-electron chi connectivity index (χ1n) is 4.53. The van der Waals surface area contributed by atoms with Gasteiger partial charge in [0.05, 0.1) is 0 Å². The number of nitrogens with two attached hydrogens (primary N) is 1. The zero-order valence-electron chi connectivity index (χ0n) is 8.08. The Kier molecular flexibility index (Phi) is 4.11. The number of anilines is 1. The fourth-order valence-electron chi connectivity index (χ4n) is 1.11. The first kappa shape index (κ1) is 10.4. The number of aryl methyl sites for hydroxylation is 1. The molecule has 1 aromatic heterocycles. The van der Waals surface area contributed by atoms with Crippen molar-refractivity contribution >= 4 is 16.5 Å². The van der Waals surface area contributed by atoms with Gasteiger partial charge in [0.2, 0.25) is 5.13 Å². The van der Waals surface area contributed by atoms with Crippen LogP contribution in [-0.2, 0) is 0 Å². The van der Waals surface area contributed by atoms with Gasteiger partial charge < -0.3 is 11.1 Å². The van der Waals surface area contributed by atoms with Crippen molar-refractivity contribution in [3.8, 4) is 0 Å². The maximum atomic E-state index is 5.49. The number of hydrogen-bond acceptors (Lipinski definition) is 5. The molecule has 0 aliphatic heterocycles. The molecule has 0 aliphatic rings. The Morgan fingerprint density at radius 1 is 1.54 bits per heavy atom. The summed E-state index contributed by atoms with van der Waals surface area (Å²) in [5, 5.41) is 13.1. The van der Waals surface area contributed by atoms with Crippen LogP contribution in [-0.4, -0.2) is 22.8 Å². The summed E-state index contributed by atoms with van der Waals surface area (Å²) in [7, 11) is 0. The van der Waals surface area contributed by atoms with E-state index in [1.807, 2.05) is 6.92 Å². The SMILES string of the molecule is CCC(CCN)Nc1nnc(C)s1. The minimum atomic E-state index is 0.428. The summed E-state index contributed by atoms with van der Waals surface area (Å²) < 4.78 is 0. The average Bonchev–Trinajstić information content (AvgIpc) is 2.50. The van der Waals surface area contributed by atoms with E-state index < -0.39 is 0 Å². The van der Waals surface area contributed by atoms with Gasteiger partial charge in [-0.2, -0.15) is 0 Å². The van der Waals surface area contributed by atoms with Gasteiger partial charge in [-0.15, -0.1) is 10.2 Å². The summed E-state index contributed by atoms with van der Waals surface area (Å²) in [6.45, 7) is 4.80. The molecule has 74 valence electrons. The van der Waals surface area contributed by atoms with Crippen LogP contribution in [0.3, 0.4) is 0 Å². The van der Waals surface area contributed by atoms with E-state index in [4.69, 9.17) is 5.73 Å². The Hall–Kier alpha value is -0.680. The molecule has 0 amide bonds. The highest BCUT2D eigenvalue weighted by Gasteiger charge is 2.07. The van der Waals surface area contributed by atoms with Crippen LogP contribution in [0.5, 0.6) is 0 Å².